The Morgan fingerprint density at radius 3 is 3.00 bits per heavy atom. The molecule has 1 unspecified atom stereocenters. The average Bonchev–Trinajstić information content (AvgIpc) is 2.53. The van der Waals surface area contributed by atoms with Gasteiger partial charge in [0.15, 0.2) is 0 Å². The number of nitrogens with two attached hydrogens (primary N) is 1. The van der Waals surface area contributed by atoms with Crippen LogP contribution in [0.5, 0.6) is 0 Å². The van der Waals surface area contributed by atoms with Crippen molar-refractivity contribution in [3.8, 4) is 0 Å². The predicted octanol–water partition coefficient (Wildman–Crippen LogP) is 2.46. The first-order valence-corrected chi connectivity index (χ1v) is 7.38. The number of amides is 1. The van der Waals surface area contributed by atoms with Crippen molar-refractivity contribution in [2.75, 3.05) is 18.6 Å². The normalized spacial score (nSPS) is 18.8. The molecule has 0 aromatic heterocycles. The van der Waals surface area contributed by atoms with Crippen molar-refractivity contribution in [1.29, 1.82) is 0 Å². The largest absolute Gasteiger partial charge is 0.378 e. The summed E-state index contributed by atoms with van der Waals surface area (Å²) in [6.45, 7) is 1.33. The standard InChI is InChI=1S/C16H24N2O2/c1-18(14-6-4-5-13(11-14)12-17)16(19)9-8-15-7-2-3-10-20-15/h4-6,11,15H,2-3,7-10,12,17H2,1H3. The molecule has 0 spiro atoms. The molecule has 1 aliphatic rings. The Kier molecular flexibility index (Phi) is 5.56. The van der Waals surface area contributed by atoms with Crippen LogP contribution >= 0.6 is 0 Å². The third-order valence-corrected chi connectivity index (χ3v) is 3.86. The highest BCUT2D eigenvalue weighted by Gasteiger charge is 2.17. The highest BCUT2D eigenvalue weighted by molar-refractivity contribution is 5.92. The van der Waals surface area contributed by atoms with Crippen LogP contribution in [0.3, 0.4) is 0 Å². The summed E-state index contributed by atoms with van der Waals surface area (Å²) in [5.41, 5.74) is 7.58. The fourth-order valence-corrected chi connectivity index (χ4v) is 2.52. The van der Waals surface area contributed by atoms with Gasteiger partial charge in [0.1, 0.15) is 0 Å². The van der Waals surface area contributed by atoms with Gasteiger partial charge in [-0.15, -0.1) is 0 Å². The van der Waals surface area contributed by atoms with E-state index in [1.165, 1.54) is 6.42 Å². The number of hydrogen-bond donors (Lipinski definition) is 1. The molecule has 20 heavy (non-hydrogen) atoms. The number of hydrogen-bond acceptors (Lipinski definition) is 3. The van der Waals surface area contributed by atoms with Crippen molar-refractivity contribution in [3.63, 3.8) is 0 Å². The van der Waals surface area contributed by atoms with Gasteiger partial charge in [0.25, 0.3) is 0 Å². The Morgan fingerprint density at radius 2 is 2.30 bits per heavy atom. The summed E-state index contributed by atoms with van der Waals surface area (Å²) in [4.78, 5) is 13.9. The zero-order chi connectivity index (χ0) is 14.4. The van der Waals surface area contributed by atoms with Gasteiger partial charge >= 0.3 is 0 Å². The van der Waals surface area contributed by atoms with E-state index >= 15 is 0 Å². The number of rotatable bonds is 5. The summed E-state index contributed by atoms with van der Waals surface area (Å²) in [5.74, 6) is 0.133. The van der Waals surface area contributed by atoms with Gasteiger partial charge in [0.2, 0.25) is 5.91 Å². The summed E-state index contributed by atoms with van der Waals surface area (Å²) in [6.07, 6.45) is 5.06. The lowest BCUT2D eigenvalue weighted by Gasteiger charge is -2.24. The van der Waals surface area contributed by atoms with E-state index in [0.717, 1.165) is 37.1 Å². The average molecular weight is 276 g/mol. The van der Waals surface area contributed by atoms with E-state index in [4.69, 9.17) is 10.5 Å². The van der Waals surface area contributed by atoms with Crippen molar-refractivity contribution < 1.29 is 9.53 Å². The second-order valence-corrected chi connectivity index (χ2v) is 5.35. The lowest BCUT2D eigenvalue weighted by atomic mass is 10.0. The fraction of sp³-hybridized carbons (Fsp3) is 0.562. The van der Waals surface area contributed by atoms with Gasteiger partial charge in [0.05, 0.1) is 6.10 Å². The summed E-state index contributed by atoms with van der Waals surface area (Å²) >= 11 is 0. The van der Waals surface area contributed by atoms with E-state index in [9.17, 15) is 4.79 Å². The van der Waals surface area contributed by atoms with Gasteiger partial charge in [0, 0.05) is 32.3 Å². The Morgan fingerprint density at radius 1 is 1.45 bits per heavy atom. The van der Waals surface area contributed by atoms with Gasteiger partial charge in [-0.2, -0.15) is 0 Å². The second-order valence-electron chi connectivity index (χ2n) is 5.35. The minimum atomic E-state index is 0.133. The molecule has 110 valence electrons. The zero-order valence-corrected chi connectivity index (χ0v) is 12.2. The molecule has 1 heterocycles. The molecule has 0 aliphatic carbocycles. The first kappa shape index (κ1) is 15.0. The summed E-state index contributed by atoms with van der Waals surface area (Å²) < 4.78 is 5.66. The molecule has 0 saturated carbocycles. The van der Waals surface area contributed by atoms with E-state index in [2.05, 4.69) is 0 Å². The Bertz CT molecular complexity index is 442. The van der Waals surface area contributed by atoms with Crippen LogP contribution in [0.1, 0.15) is 37.7 Å². The van der Waals surface area contributed by atoms with Crippen LogP contribution in [0.4, 0.5) is 5.69 Å². The fourth-order valence-electron chi connectivity index (χ4n) is 2.52. The molecule has 2 rings (SSSR count). The lowest BCUT2D eigenvalue weighted by molar-refractivity contribution is -0.119. The molecule has 1 aromatic rings. The number of anilines is 1. The molecule has 1 fully saturated rings. The SMILES string of the molecule is CN(C(=O)CCC1CCCCO1)c1cccc(CN)c1. The van der Waals surface area contributed by atoms with E-state index in [-0.39, 0.29) is 12.0 Å². The molecule has 1 atom stereocenters. The summed E-state index contributed by atoms with van der Waals surface area (Å²) in [5, 5.41) is 0. The van der Waals surface area contributed by atoms with Crippen LogP contribution < -0.4 is 10.6 Å². The molecule has 0 radical (unpaired) electrons. The quantitative estimate of drug-likeness (QED) is 0.898. The molecule has 2 N–H and O–H groups in total. The van der Waals surface area contributed by atoms with E-state index in [0.29, 0.717) is 13.0 Å². The number of nitrogens with zero attached hydrogens (tertiary/aromatic N) is 1. The molecule has 4 heteroatoms. The molecule has 1 saturated heterocycles. The molecule has 0 bridgehead atoms. The topological polar surface area (TPSA) is 55.6 Å². The lowest BCUT2D eigenvalue weighted by Crippen LogP contribution is -2.28. The zero-order valence-electron chi connectivity index (χ0n) is 12.2. The molecule has 1 aromatic carbocycles. The Hall–Kier alpha value is -1.39. The third-order valence-electron chi connectivity index (χ3n) is 3.86. The monoisotopic (exact) mass is 276 g/mol. The summed E-state index contributed by atoms with van der Waals surface area (Å²) in [7, 11) is 1.82. The van der Waals surface area contributed by atoms with Crippen LogP contribution in [-0.2, 0) is 16.1 Å². The molecule has 4 nitrogen and oxygen atoms in total. The smallest absolute Gasteiger partial charge is 0.226 e. The molecule has 1 aliphatic heterocycles. The van der Waals surface area contributed by atoms with Gasteiger partial charge < -0.3 is 15.4 Å². The van der Waals surface area contributed by atoms with Crippen LogP contribution in [0.25, 0.3) is 0 Å². The van der Waals surface area contributed by atoms with Gasteiger partial charge in [-0.25, -0.2) is 0 Å². The van der Waals surface area contributed by atoms with E-state index < -0.39 is 0 Å². The minimum Gasteiger partial charge on any atom is -0.378 e. The van der Waals surface area contributed by atoms with Crippen LogP contribution in [-0.4, -0.2) is 25.7 Å². The first-order valence-electron chi connectivity index (χ1n) is 7.38. The Balaban J connectivity index is 1.87. The first-order chi connectivity index (χ1) is 9.70. The van der Waals surface area contributed by atoms with E-state index in [1.54, 1.807) is 4.90 Å². The summed E-state index contributed by atoms with van der Waals surface area (Å²) in [6, 6.07) is 7.81. The van der Waals surface area contributed by atoms with Crippen LogP contribution in [0.15, 0.2) is 24.3 Å². The van der Waals surface area contributed by atoms with Gasteiger partial charge in [-0.3, -0.25) is 4.79 Å². The predicted molar refractivity (Wildman–Crippen MR) is 80.6 cm³/mol. The van der Waals surface area contributed by atoms with E-state index in [1.807, 2.05) is 31.3 Å². The molecule has 1 amide bonds. The second kappa shape index (κ2) is 7.41. The van der Waals surface area contributed by atoms with Crippen LogP contribution in [0.2, 0.25) is 0 Å². The van der Waals surface area contributed by atoms with Crippen LogP contribution in [0, 0.1) is 0 Å². The van der Waals surface area contributed by atoms with Gasteiger partial charge in [-0.05, 0) is 43.4 Å². The third kappa shape index (κ3) is 4.05. The maximum Gasteiger partial charge on any atom is 0.226 e. The highest BCUT2D eigenvalue weighted by Crippen LogP contribution is 2.19. The molecular weight excluding hydrogens is 252 g/mol. The minimum absolute atomic E-state index is 0.133. The number of carbonyl (C=O) groups is 1. The maximum atomic E-state index is 12.2. The number of carbonyl (C=O) groups excluding carboxylic acids is 1. The molecular formula is C16H24N2O2. The highest BCUT2D eigenvalue weighted by atomic mass is 16.5. The number of benzene rings is 1. The Labute approximate surface area is 120 Å². The van der Waals surface area contributed by atoms with Crippen molar-refractivity contribution >= 4 is 11.6 Å². The van der Waals surface area contributed by atoms with Crippen molar-refractivity contribution in [1.82, 2.24) is 0 Å². The van der Waals surface area contributed by atoms with Crippen molar-refractivity contribution in [2.45, 2.75) is 44.8 Å². The van der Waals surface area contributed by atoms with Crippen molar-refractivity contribution in [2.24, 2.45) is 5.73 Å². The van der Waals surface area contributed by atoms with Gasteiger partial charge in [-0.1, -0.05) is 12.1 Å². The number of ether oxygens (including phenoxy) is 1. The van der Waals surface area contributed by atoms with Crippen molar-refractivity contribution in [3.05, 3.63) is 29.8 Å². The maximum absolute atomic E-state index is 12.2.